The number of hydrogen-bond donors (Lipinski definition) is 3. The van der Waals surface area contributed by atoms with Crippen molar-refractivity contribution in [2.24, 2.45) is 0 Å². The summed E-state index contributed by atoms with van der Waals surface area (Å²) in [5, 5.41) is 12.5. The molecule has 22 heteroatoms. The average molecular weight is 904 g/mol. The van der Waals surface area contributed by atoms with E-state index in [0.29, 0.717) is 15.6 Å². The molecular formula is C35H68F3N5O9SSi4. The molecule has 1 saturated heterocycles. The highest BCUT2D eigenvalue weighted by atomic mass is 32.2. The second kappa shape index (κ2) is 18.2. The fourth-order valence-electron chi connectivity index (χ4n) is 10.2. The number of aromatic nitrogens is 4. The lowest BCUT2D eigenvalue weighted by molar-refractivity contribution is -0.300. The Balaban J connectivity index is 2.37. The van der Waals surface area contributed by atoms with Crippen LogP contribution in [-0.4, -0.2) is 94.6 Å². The third-order valence-corrected chi connectivity index (χ3v) is 52.7. The second-order valence-corrected chi connectivity index (χ2v) is 45.6. The zero-order valence-corrected chi connectivity index (χ0v) is 41.6. The second-order valence-electron chi connectivity index (χ2n) is 18.3. The van der Waals surface area contributed by atoms with Crippen molar-refractivity contribution in [3.05, 3.63) is 16.7 Å². The number of nitrogen functional groups attached to an aromatic ring is 1. The standard InChI is InChI=1S/C35H68F3N5O9SSi4/c1-19(2)54(20(3)4)56(23(9)10,24(11)12)51-48-17-27-29(50-52-57(25(13)14,26(15)16)55(21(5)6)22(7)8)34(45,53(46,47)35(36,37)38)32(49-27)43-31(44)28-30(41-18-40-28)42-33(43)39/h18-27,29,32,45,54-55H,17H2,1-16H3,(H2,39,42)(H,40,41)/t27-,29-,32?,34-/m1/s1. The van der Waals surface area contributed by atoms with Crippen LogP contribution in [-0.2, 0) is 33.5 Å². The number of aromatic amines is 1. The molecule has 1 aliphatic heterocycles. The van der Waals surface area contributed by atoms with E-state index in [1.54, 1.807) is 0 Å². The first kappa shape index (κ1) is 49.9. The maximum absolute atomic E-state index is 14.9. The van der Waals surface area contributed by atoms with Crippen LogP contribution in [0.5, 0.6) is 0 Å². The van der Waals surface area contributed by atoms with E-state index in [1.165, 1.54) is 0 Å². The molecule has 0 amide bonds. The van der Waals surface area contributed by atoms with Gasteiger partial charge in [0, 0.05) is 0 Å². The SMILES string of the molecule is CC(C)[SiH](C(C)C)[Si](OOC[C@H]1OC(n2c(N)nc3nc[nH]c3c2=O)[C@](O)(S(=O)(=O)C(F)(F)F)[C@@H]1OO[Si](C(C)C)(C(C)C)[SiH](C(C)C)C(C)C)(C(C)C)C(C)C. The number of fused-ring (bicyclic) bond motifs is 1. The molecule has 0 saturated carbocycles. The molecule has 0 aliphatic carbocycles. The van der Waals surface area contributed by atoms with Gasteiger partial charge in [0.25, 0.3) is 20.3 Å². The van der Waals surface area contributed by atoms with Crippen LogP contribution in [0.3, 0.4) is 0 Å². The van der Waals surface area contributed by atoms with Crippen LogP contribution in [0.15, 0.2) is 11.1 Å². The molecule has 3 heterocycles. The van der Waals surface area contributed by atoms with Gasteiger partial charge in [0.15, 0.2) is 23.5 Å². The van der Waals surface area contributed by atoms with Gasteiger partial charge in [-0.25, -0.2) is 27.7 Å². The lowest BCUT2D eigenvalue weighted by Gasteiger charge is -2.47. The van der Waals surface area contributed by atoms with Crippen molar-refractivity contribution in [2.45, 2.75) is 184 Å². The summed E-state index contributed by atoms with van der Waals surface area (Å²) >= 11 is 0. The topological polar surface area (TPSA) is 190 Å². The molecule has 2 aromatic heterocycles. The molecular weight excluding hydrogens is 836 g/mol. The quantitative estimate of drug-likeness (QED) is 0.0728. The molecule has 57 heavy (non-hydrogen) atoms. The van der Waals surface area contributed by atoms with Crippen LogP contribution in [0.25, 0.3) is 11.2 Å². The minimum Gasteiger partial charge on any atom is -0.369 e. The predicted molar refractivity (Wildman–Crippen MR) is 226 cm³/mol. The first-order valence-electron chi connectivity index (χ1n) is 20.1. The molecule has 1 fully saturated rings. The summed E-state index contributed by atoms with van der Waals surface area (Å²) < 4.78 is 92.3. The van der Waals surface area contributed by atoms with E-state index in [0.717, 1.165) is 6.33 Å². The van der Waals surface area contributed by atoms with Crippen molar-refractivity contribution in [1.82, 2.24) is 19.5 Å². The number of H-pyrrole nitrogens is 1. The van der Waals surface area contributed by atoms with Crippen LogP contribution in [0.2, 0.25) is 44.3 Å². The molecule has 330 valence electrons. The lowest BCUT2D eigenvalue weighted by atomic mass is 10.1. The minimum absolute atomic E-state index is 0.0670. The summed E-state index contributed by atoms with van der Waals surface area (Å²) in [6, 6.07) is 0. The maximum Gasteiger partial charge on any atom is 0.500 e. The van der Waals surface area contributed by atoms with Crippen LogP contribution in [0.4, 0.5) is 19.1 Å². The summed E-state index contributed by atoms with van der Waals surface area (Å²) in [4.78, 5) is 32.5. The fourth-order valence-corrected chi connectivity index (χ4v) is 48.8. The molecule has 3 rings (SSSR count). The summed E-state index contributed by atoms with van der Waals surface area (Å²) in [5.74, 6) is -0.758. The van der Waals surface area contributed by atoms with E-state index in [2.05, 4.69) is 98.0 Å². The number of hydrogen-bond acceptors (Lipinski definition) is 12. The number of imidazole rings is 1. The van der Waals surface area contributed by atoms with Crippen LogP contribution < -0.4 is 11.3 Å². The Labute approximate surface area is 341 Å². The van der Waals surface area contributed by atoms with E-state index in [-0.39, 0.29) is 44.4 Å². The van der Waals surface area contributed by atoms with E-state index in [9.17, 15) is 31.5 Å². The van der Waals surface area contributed by atoms with Gasteiger partial charge in [-0.2, -0.15) is 18.2 Å². The maximum atomic E-state index is 14.9. The third kappa shape index (κ3) is 8.69. The molecule has 2 aromatic rings. The molecule has 0 bridgehead atoms. The molecule has 0 spiro atoms. The summed E-state index contributed by atoms with van der Waals surface area (Å²) in [7, 11) is -16.4. The molecule has 1 unspecified atom stereocenters. The molecule has 14 nitrogen and oxygen atoms in total. The monoisotopic (exact) mass is 903 g/mol. The Kier molecular flexibility index (Phi) is 16.0. The Morgan fingerprint density at radius 1 is 0.877 bits per heavy atom. The van der Waals surface area contributed by atoms with Crippen molar-refractivity contribution in [1.29, 1.82) is 0 Å². The van der Waals surface area contributed by atoms with Crippen LogP contribution >= 0.6 is 0 Å². The van der Waals surface area contributed by atoms with Gasteiger partial charge < -0.3 is 20.6 Å². The van der Waals surface area contributed by atoms with Gasteiger partial charge in [0.1, 0.15) is 12.7 Å². The third-order valence-electron chi connectivity index (χ3n) is 12.1. The zero-order chi connectivity index (χ0) is 44.0. The van der Waals surface area contributed by atoms with Crippen molar-refractivity contribution < 1.29 is 50.4 Å². The van der Waals surface area contributed by atoms with Crippen LogP contribution in [0.1, 0.15) is 117 Å². The molecule has 0 aromatic carbocycles. The fraction of sp³-hybridized carbons (Fsp3) is 0.857. The first-order valence-corrected chi connectivity index (χ1v) is 32.0. The van der Waals surface area contributed by atoms with Gasteiger partial charge in [-0.15, -0.1) is 0 Å². The highest BCUT2D eigenvalue weighted by Gasteiger charge is 2.74. The zero-order valence-electron chi connectivity index (χ0n) is 36.5. The number of nitrogens with zero attached hydrogens (tertiary/aromatic N) is 3. The Morgan fingerprint density at radius 3 is 1.72 bits per heavy atom. The smallest absolute Gasteiger partial charge is 0.369 e. The van der Waals surface area contributed by atoms with Crippen molar-refractivity contribution in [3.8, 4) is 0 Å². The summed E-state index contributed by atoms with van der Waals surface area (Å²) in [6.07, 6.45) is -5.74. The number of halogens is 3. The van der Waals surface area contributed by atoms with Crippen LogP contribution in [0, 0.1) is 0 Å². The molecule has 1 aliphatic rings. The average Bonchev–Trinajstić information content (AvgIpc) is 3.63. The van der Waals surface area contributed by atoms with Gasteiger partial charge in [0.05, 0.1) is 23.0 Å². The lowest BCUT2D eigenvalue weighted by Crippen LogP contribution is -2.64. The van der Waals surface area contributed by atoms with Crippen molar-refractivity contribution in [2.75, 3.05) is 12.3 Å². The normalized spacial score (nSPS) is 22.0. The number of sulfone groups is 1. The molecule has 0 radical (unpaired) electrons. The highest BCUT2D eigenvalue weighted by molar-refractivity contribution is 7.93. The number of anilines is 1. The molecule has 4 N–H and O–H groups in total. The number of nitrogens with two attached hydrogens (primary N) is 1. The van der Waals surface area contributed by atoms with Gasteiger partial charge in [-0.1, -0.05) is 133 Å². The number of ether oxygens (including phenoxy) is 1. The van der Waals surface area contributed by atoms with Gasteiger partial charge >= 0.3 is 5.51 Å². The Hall–Kier alpha value is -1.48. The van der Waals surface area contributed by atoms with Gasteiger partial charge in [-0.05, 0) is 22.2 Å². The minimum atomic E-state index is -6.70. The Bertz CT molecular complexity index is 1800. The van der Waals surface area contributed by atoms with Crippen molar-refractivity contribution >= 4 is 59.2 Å². The number of nitrogens with one attached hydrogen (secondary N) is 1. The number of rotatable bonds is 19. The number of alkyl halides is 3. The molecule has 4 atom stereocenters. The number of aliphatic hydroxyl groups is 1. The predicted octanol–water partition coefficient (Wildman–Crippen LogP) is 7.27. The summed E-state index contributed by atoms with van der Waals surface area (Å²) in [6.45, 7) is 32.5. The van der Waals surface area contributed by atoms with E-state index in [1.807, 2.05) is 27.7 Å². The largest absolute Gasteiger partial charge is 0.500 e. The summed E-state index contributed by atoms with van der Waals surface area (Å²) in [5.41, 5.74) is -0.717. The highest BCUT2D eigenvalue weighted by Crippen LogP contribution is 2.51. The van der Waals surface area contributed by atoms with Gasteiger partial charge in [-0.3, -0.25) is 13.9 Å². The van der Waals surface area contributed by atoms with Gasteiger partial charge in [0.2, 0.25) is 21.6 Å². The van der Waals surface area contributed by atoms with E-state index < -0.39 is 89.1 Å². The van der Waals surface area contributed by atoms with E-state index in [4.69, 9.17) is 29.4 Å². The van der Waals surface area contributed by atoms with Crippen molar-refractivity contribution in [3.63, 3.8) is 0 Å². The van der Waals surface area contributed by atoms with E-state index >= 15 is 0 Å². The Morgan fingerprint density at radius 2 is 1.32 bits per heavy atom. The first-order chi connectivity index (χ1) is 26.0.